The van der Waals surface area contributed by atoms with E-state index in [-0.39, 0.29) is 13.2 Å². The number of carbonyl (C=O) groups excluding carboxylic acids is 3. The molecule has 35 heavy (non-hydrogen) atoms. The van der Waals surface area contributed by atoms with Crippen LogP contribution in [-0.4, -0.2) is 30.5 Å². The summed E-state index contributed by atoms with van der Waals surface area (Å²) in [7, 11) is 0. The van der Waals surface area contributed by atoms with Crippen molar-refractivity contribution in [1.82, 2.24) is 10.7 Å². The highest BCUT2D eigenvalue weighted by Gasteiger charge is 2.12. The average molecular weight is 513 g/mol. The van der Waals surface area contributed by atoms with Gasteiger partial charge in [-0.3, -0.25) is 14.4 Å². The van der Waals surface area contributed by atoms with Gasteiger partial charge in [-0.05, 0) is 48.4 Å². The van der Waals surface area contributed by atoms with Crippen LogP contribution < -0.4 is 20.8 Å². The number of aryl methyl sites for hydroxylation is 1. The first-order valence-electron chi connectivity index (χ1n) is 10.4. The van der Waals surface area contributed by atoms with Gasteiger partial charge in [-0.25, -0.2) is 5.43 Å². The van der Waals surface area contributed by atoms with Gasteiger partial charge in [0.1, 0.15) is 5.75 Å². The van der Waals surface area contributed by atoms with Crippen LogP contribution in [0.25, 0.3) is 0 Å². The molecule has 0 aliphatic heterocycles. The predicted octanol–water partition coefficient (Wildman–Crippen LogP) is 4.09. The number of rotatable bonds is 8. The quantitative estimate of drug-likeness (QED) is 0.240. The van der Waals surface area contributed by atoms with Gasteiger partial charge in [0.2, 0.25) is 0 Å². The summed E-state index contributed by atoms with van der Waals surface area (Å²) >= 11 is 11.9. The normalized spacial score (nSPS) is 10.6. The second kappa shape index (κ2) is 12.5. The van der Waals surface area contributed by atoms with E-state index in [1.807, 2.05) is 31.2 Å². The molecule has 0 fully saturated rings. The van der Waals surface area contributed by atoms with Gasteiger partial charge in [0.15, 0.2) is 6.61 Å². The molecule has 0 aliphatic carbocycles. The van der Waals surface area contributed by atoms with E-state index in [2.05, 4.69) is 21.2 Å². The first kappa shape index (κ1) is 25.7. The third-order valence-electron chi connectivity index (χ3n) is 4.59. The lowest BCUT2D eigenvalue weighted by atomic mass is 10.1. The molecule has 0 aliphatic rings. The Morgan fingerprint density at radius 2 is 1.74 bits per heavy atom. The van der Waals surface area contributed by atoms with Crippen molar-refractivity contribution >= 4 is 52.8 Å². The molecule has 0 aromatic heterocycles. The molecule has 0 atom stereocenters. The number of nitrogens with zero attached hydrogens (tertiary/aromatic N) is 1. The maximum Gasteiger partial charge on any atom is 0.329 e. The Bertz CT molecular complexity index is 1250. The number of hydrogen-bond donors (Lipinski definition) is 3. The van der Waals surface area contributed by atoms with Crippen LogP contribution in [0.5, 0.6) is 5.75 Å². The summed E-state index contributed by atoms with van der Waals surface area (Å²) in [6, 6.07) is 19.0. The second-order valence-electron chi connectivity index (χ2n) is 7.40. The summed E-state index contributed by atoms with van der Waals surface area (Å²) < 4.78 is 5.50. The highest BCUT2D eigenvalue weighted by molar-refractivity contribution is 6.36. The lowest BCUT2D eigenvalue weighted by molar-refractivity contribution is -0.139. The summed E-state index contributed by atoms with van der Waals surface area (Å²) in [5.41, 5.74) is 5.16. The zero-order chi connectivity index (χ0) is 25.2. The number of hydrazone groups is 1. The van der Waals surface area contributed by atoms with Gasteiger partial charge < -0.3 is 15.4 Å². The Balaban J connectivity index is 1.45. The number of halogens is 2. The van der Waals surface area contributed by atoms with Crippen LogP contribution in [0, 0.1) is 6.92 Å². The summed E-state index contributed by atoms with van der Waals surface area (Å²) in [6.07, 6.45) is 1.35. The van der Waals surface area contributed by atoms with Crippen molar-refractivity contribution in [1.29, 1.82) is 0 Å². The Morgan fingerprint density at radius 1 is 0.971 bits per heavy atom. The molecule has 0 saturated heterocycles. The van der Waals surface area contributed by atoms with Crippen LogP contribution >= 0.6 is 23.2 Å². The minimum atomic E-state index is -0.890. The predicted molar refractivity (Wildman–Crippen MR) is 136 cm³/mol. The Labute approximate surface area is 212 Å². The van der Waals surface area contributed by atoms with Gasteiger partial charge in [0.05, 0.1) is 16.9 Å². The van der Waals surface area contributed by atoms with E-state index in [4.69, 9.17) is 27.9 Å². The molecule has 3 aromatic rings. The fraction of sp³-hybridized carbons (Fsp3) is 0.120. The van der Waals surface area contributed by atoms with E-state index < -0.39 is 17.7 Å². The Kier molecular flexibility index (Phi) is 9.23. The third-order valence-corrected chi connectivity index (χ3v) is 5.14. The second-order valence-corrected chi connectivity index (χ2v) is 8.24. The summed E-state index contributed by atoms with van der Waals surface area (Å²) in [5, 5.41) is 9.73. The van der Waals surface area contributed by atoms with Crippen LogP contribution in [-0.2, 0) is 20.9 Å². The van der Waals surface area contributed by atoms with Gasteiger partial charge >= 0.3 is 11.8 Å². The number of hydrogen-bond acceptors (Lipinski definition) is 5. The van der Waals surface area contributed by atoms with Crippen LogP contribution in [0.1, 0.15) is 16.7 Å². The van der Waals surface area contributed by atoms with E-state index in [0.29, 0.717) is 27.0 Å². The molecule has 3 rings (SSSR count). The molecule has 180 valence electrons. The Hall–Kier alpha value is -3.88. The molecule has 8 nitrogen and oxygen atoms in total. The molecule has 0 bridgehead atoms. The van der Waals surface area contributed by atoms with E-state index in [1.165, 1.54) is 12.3 Å². The van der Waals surface area contributed by atoms with Crippen LogP contribution in [0.15, 0.2) is 71.8 Å². The number of benzene rings is 3. The monoisotopic (exact) mass is 512 g/mol. The molecule has 0 unspecified atom stereocenters. The molecule has 3 N–H and O–H groups in total. The van der Waals surface area contributed by atoms with Gasteiger partial charge in [0.25, 0.3) is 5.91 Å². The maximum absolute atomic E-state index is 12.1. The molecular formula is C25H22Cl2N4O4. The standard InChI is InChI=1S/C25H22Cl2N4O4/c1-16-5-7-17(8-6-16)13-28-24(33)25(34)31-29-14-18-3-2-4-20(11-18)35-15-23(32)30-22-10-9-19(26)12-21(22)27/h2-12,14H,13,15H2,1H3,(H,28,33)(H,30,32)(H,31,34)/b29-14-. The first-order valence-corrected chi connectivity index (χ1v) is 11.2. The van der Waals surface area contributed by atoms with Crippen molar-refractivity contribution in [2.45, 2.75) is 13.5 Å². The number of carbonyl (C=O) groups is 3. The molecule has 0 spiro atoms. The lowest BCUT2D eigenvalue weighted by Gasteiger charge is -2.09. The van der Waals surface area contributed by atoms with Crippen molar-refractivity contribution in [2.24, 2.45) is 5.10 Å². The number of anilines is 1. The molecule has 0 saturated carbocycles. The van der Waals surface area contributed by atoms with Gasteiger partial charge in [-0.15, -0.1) is 0 Å². The summed E-state index contributed by atoms with van der Waals surface area (Å²) in [6.45, 7) is 1.94. The first-order chi connectivity index (χ1) is 16.8. The SMILES string of the molecule is Cc1ccc(CNC(=O)C(=O)N/N=C\c2cccc(OCC(=O)Nc3ccc(Cl)cc3Cl)c2)cc1. The van der Waals surface area contributed by atoms with Gasteiger partial charge in [-0.1, -0.05) is 65.2 Å². The van der Waals surface area contributed by atoms with Crippen molar-refractivity contribution in [3.63, 3.8) is 0 Å². The number of amides is 3. The van der Waals surface area contributed by atoms with Crippen LogP contribution in [0.4, 0.5) is 5.69 Å². The zero-order valence-electron chi connectivity index (χ0n) is 18.7. The highest BCUT2D eigenvalue weighted by atomic mass is 35.5. The van der Waals surface area contributed by atoms with Crippen molar-refractivity contribution < 1.29 is 19.1 Å². The zero-order valence-corrected chi connectivity index (χ0v) is 20.2. The number of nitrogens with one attached hydrogen (secondary N) is 3. The van der Waals surface area contributed by atoms with E-state index in [9.17, 15) is 14.4 Å². The van der Waals surface area contributed by atoms with E-state index in [1.54, 1.807) is 36.4 Å². The van der Waals surface area contributed by atoms with Crippen LogP contribution in [0.3, 0.4) is 0 Å². The average Bonchev–Trinajstić information content (AvgIpc) is 2.84. The van der Waals surface area contributed by atoms with Gasteiger partial charge in [0, 0.05) is 11.6 Å². The third kappa shape index (κ3) is 8.44. The van der Waals surface area contributed by atoms with Crippen molar-refractivity contribution in [3.8, 4) is 5.75 Å². The lowest BCUT2D eigenvalue weighted by Crippen LogP contribution is -2.37. The topological polar surface area (TPSA) is 109 Å². The summed E-state index contributed by atoms with van der Waals surface area (Å²) in [4.78, 5) is 36.0. The van der Waals surface area contributed by atoms with Crippen molar-refractivity contribution in [2.75, 3.05) is 11.9 Å². The fourth-order valence-electron chi connectivity index (χ4n) is 2.80. The molecular weight excluding hydrogens is 491 g/mol. The largest absolute Gasteiger partial charge is 0.484 e. The minimum Gasteiger partial charge on any atom is -0.484 e. The van der Waals surface area contributed by atoms with Crippen LogP contribution in [0.2, 0.25) is 10.0 Å². The van der Waals surface area contributed by atoms with E-state index in [0.717, 1.165) is 11.1 Å². The summed E-state index contributed by atoms with van der Waals surface area (Å²) in [5.74, 6) is -1.68. The maximum atomic E-state index is 12.1. The van der Waals surface area contributed by atoms with Crippen molar-refractivity contribution in [3.05, 3.63) is 93.5 Å². The smallest absolute Gasteiger partial charge is 0.329 e. The van der Waals surface area contributed by atoms with E-state index >= 15 is 0 Å². The molecule has 10 heteroatoms. The molecule has 3 aromatic carbocycles. The molecule has 3 amide bonds. The minimum absolute atomic E-state index is 0.230. The van der Waals surface area contributed by atoms with Gasteiger partial charge in [-0.2, -0.15) is 5.10 Å². The number of ether oxygens (including phenoxy) is 1. The molecule has 0 heterocycles. The Morgan fingerprint density at radius 3 is 2.49 bits per heavy atom. The highest BCUT2D eigenvalue weighted by Crippen LogP contribution is 2.25. The molecule has 0 radical (unpaired) electrons. The fourth-order valence-corrected chi connectivity index (χ4v) is 3.25.